The highest BCUT2D eigenvalue weighted by atomic mass is 32.1. The van der Waals surface area contributed by atoms with Gasteiger partial charge >= 0.3 is 0 Å². The zero-order valence-electron chi connectivity index (χ0n) is 11.9. The van der Waals surface area contributed by atoms with Crippen molar-refractivity contribution in [3.63, 3.8) is 0 Å². The van der Waals surface area contributed by atoms with Crippen LogP contribution in [-0.4, -0.2) is 14.7 Å². The van der Waals surface area contributed by atoms with Crippen LogP contribution in [0, 0.1) is 6.92 Å². The molecule has 3 aromatic rings. The van der Waals surface area contributed by atoms with Gasteiger partial charge < -0.3 is 9.67 Å². The Labute approximate surface area is 122 Å². The SMILES string of the molecule is Cc1ccc(C(C)(O)Cc2nc3ccccc3n2C)s1. The Balaban J connectivity index is 1.98. The van der Waals surface area contributed by atoms with Gasteiger partial charge in [-0.1, -0.05) is 12.1 Å². The molecule has 20 heavy (non-hydrogen) atoms. The molecule has 0 saturated carbocycles. The van der Waals surface area contributed by atoms with E-state index < -0.39 is 5.60 Å². The van der Waals surface area contributed by atoms with Gasteiger partial charge in [0.25, 0.3) is 0 Å². The standard InChI is InChI=1S/C16H18N2OS/c1-11-8-9-14(20-11)16(2,19)10-15-17-12-6-4-5-7-13(12)18(15)3/h4-9,19H,10H2,1-3H3. The predicted molar refractivity (Wildman–Crippen MR) is 83.0 cm³/mol. The molecule has 0 amide bonds. The average Bonchev–Trinajstić information content (AvgIpc) is 2.96. The predicted octanol–water partition coefficient (Wildman–Crippen LogP) is 3.39. The molecule has 2 aromatic heterocycles. The smallest absolute Gasteiger partial charge is 0.112 e. The lowest BCUT2D eigenvalue weighted by Crippen LogP contribution is -2.24. The number of fused-ring (bicyclic) bond motifs is 1. The van der Waals surface area contributed by atoms with Crippen LogP contribution in [0.5, 0.6) is 0 Å². The van der Waals surface area contributed by atoms with E-state index in [1.54, 1.807) is 11.3 Å². The van der Waals surface area contributed by atoms with Crippen molar-refractivity contribution in [3.8, 4) is 0 Å². The Morgan fingerprint density at radius 2 is 2.00 bits per heavy atom. The van der Waals surface area contributed by atoms with Gasteiger partial charge in [-0.25, -0.2) is 4.98 Å². The molecule has 0 aliphatic rings. The number of thiophene rings is 1. The molecule has 1 N–H and O–H groups in total. The van der Waals surface area contributed by atoms with Crippen LogP contribution in [0.1, 0.15) is 22.5 Å². The second-order valence-corrected chi connectivity index (χ2v) is 6.72. The maximum atomic E-state index is 10.8. The first-order valence-electron chi connectivity index (χ1n) is 6.67. The summed E-state index contributed by atoms with van der Waals surface area (Å²) in [6.07, 6.45) is 0.512. The second kappa shape index (κ2) is 4.72. The molecule has 1 aromatic carbocycles. The highest BCUT2D eigenvalue weighted by molar-refractivity contribution is 7.12. The molecule has 104 valence electrons. The van der Waals surface area contributed by atoms with E-state index in [-0.39, 0.29) is 0 Å². The molecule has 1 atom stereocenters. The van der Waals surface area contributed by atoms with Crippen LogP contribution < -0.4 is 0 Å². The first kappa shape index (κ1) is 13.3. The maximum absolute atomic E-state index is 10.8. The van der Waals surface area contributed by atoms with Crippen molar-refractivity contribution in [2.24, 2.45) is 7.05 Å². The van der Waals surface area contributed by atoms with E-state index in [0.717, 1.165) is 21.7 Å². The summed E-state index contributed by atoms with van der Waals surface area (Å²) in [5.41, 5.74) is 1.19. The molecular weight excluding hydrogens is 268 g/mol. The van der Waals surface area contributed by atoms with Crippen molar-refractivity contribution in [1.82, 2.24) is 9.55 Å². The van der Waals surface area contributed by atoms with Gasteiger partial charge in [-0.15, -0.1) is 11.3 Å². The van der Waals surface area contributed by atoms with Gasteiger partial charge in [-0.2, -0.15) is 0 Å². The number of para-hydroxylation sites is 2. The molecule has 3 nitrogen and oxygen atoms in total. The third-order valence-corrected chi connectivity index (χ3v) is 4.91. The Kier molecular flexibility index (Phi) is 3.15. The first-order chi connectivity index (χ1) is 9.47. The summed E-state index contributed by atoms with van der Waals surface area (Å²) in [6.45, 7) is 3.91. The third kappa shape index (κ3) is 2.25. The van der Waals surface area contributed by atoms with Crippen LogP contribution in [0.25, 0.3) is 11.0 Å². The largest absolute Gasteiger partial charge is 0.384 e. The zero-order chi connectivity index (χ0) is 14.3. The van der Waals surface area contributed by atoms with E-state index in [1.807, 2.05) is 44.3 Å². The summed E-state index contributed by atoms with van der Waals surface area (Å²) in [5, 5.41) is 10.8. The molecule has 0 aliphatic heterocycles. The van der Waals surface area contributed by atoms with Crippen LogP contribution in [0.3, 0.4) is 0 Å². The molecule has 0 spiro atoms. The normalized spacial score (nSPS) is 14.6. The summed E-state index contributed by atoms with van der Waals surface area (Å²) in [7, 11) is 2.00. The number of hydrogen-bond acceptors (Lipinski definition) is 3. The summed E-state index contributed by atoms with van der Waals surface area (Å²) in [5.74, 6) is 0.905. The fourth-order valence-corrected chi connectivity index (χ4v) is 3.38. The lowest BCUT2D eigenvalue weighted by atomic mass is 10.00. The van der Waals surface area contributed by atoms with Gasteiger partial charge in [0.15, 0.2) is 0 Å². The highest BCUT2D eigenvalue weighted by Gasteiger charge is 2.27. The number of aryl methyl sites for hydroxylation is 2. The lowest BCUT2D eigenvalue weighted by Gasteiger charge is -2.21. The summed E-state index contributed by atoms with van der Waals surface area (Å²) >= 11 is 1.64. The van der Waals surface area contributed by atoms with E-state index in [2.05, 4.69) is 22.5 Å². The third-order valence-electron chi connectivity index (χ3n) is 3.65. The minimum absolute atomic E-state index is 0.512. The minimum Gasteiger partial charge on any atom is -0.384 e. The quantitative estimate of drug-likeness (QED) is 0.801. The van der Waals surface area contributed by atoms with Gasteiger partial charge in [0.1, 0.15) is 11.4 Å². The first-order valence-corrected chi connectivity index (χ1v) is 7.49. The van der Waals surface area contributed by atoms with E-state index >= 15 is 0 Å². The molecule has 0 aliphatic carbocycles. The van der Waals surface area contributed by atoms with Crippen molar-refractivity contribution in [2.75, 3.05) is 0 Å². The molecule has 0 bridgehead atoms. The lowest BCUT2D eigenvalue weighted by molar-refractivity contribution is 0.0587. The van der Waals surface area contributed by atoms with Crippen LogP contribution in [0.4, 0.5) is 0 Å². The van der Waals surface area contributed by atoms with Gasteiger partial charge in [-0.05, 0) is 38.1 Å². The molecule has 2 heterocycles. The Hall–Kier alpha value is -1.65. The maximum Gasteiger partial charge on any atom is 0.112 e. The molecule has 0 fully saturated rings. The summed E-state index contributed by atoms with van der Waals surface area (Å²) < 4.78 is 2.06. The van der Waals surface area contributed by atoms with Crippen molar-refractivity contribution in [3.05, 3.63) is 52.0 Å². The van der Waals surface area contributed by atoms with Crippen molar-refractivity contribution in [2.45, 2.75) is 25.9 Å². The Morgan fingerprint density at radius 1 is 1.25 bits per heavy atom. The van der Waals surface area contributed by atoms with E-state index in [4.69, 9.17) is 0 Å². The number of imidazole rings is 1. The van der Waals surface area contributed by atoms with Crippen molar-refractivity contribution < 1.29 is 5.11 Å². The number of hydrogen-bond donors (Lipinski definition) is 1. The zero-order valence-corrected chi connectivity index (χ0v) is 12.7. The van der Waals surface area contributed by atoms with Crippen LogP contribution in [0.15, 0.2) is 36.4 Å². The van der Waals surface area contributed by atoms with Crippen molar-refractivity contribution >= 4 is 22.4 Å². The Bertz CT molecular complexity index is 755. The Morgan fingerprint density at radius 3 is 2.65 bits per heavy atom. The molecule has 1 unspecified atom stereocenters. The summed E-state index contributed by atoms with van der Waals surface area (Å²) in [6, 6.07) is 12.1. The van der Waals surface area contributed by atoms with Gasteiger partial charge in [0.2, 0.25) is 0 Å². The second-order valence-electron chi connectivity index (χ2n) is 5.44. The minimum atomic E-state index is -0.881. The fraction of sp³-hybridized carbons (Fsp3) is 0.312. The number of aliphatic hydroxyl groups is 1. The monoisotopic (exact) mass is 286 g/mol. The highest BCUT2D eigenvalue weighted by Crippen LogP contribution is 2.31. The summed E-state index contributed by atoms with van der Waals surface area (Å²) in [4.78, 5) is 6.84. The number of nitrogens with zero attached hydrogens (tertiary/aromatic N) is 2. The van der Waals surface area contributed by atoms with Gasteiger partial charge in [0.05, 0.1) is 11.0 Å². The molecule has 0 saturated heterocycles. The topological polar surface area (TPSA) is 38.1 Å². The van der Waals surface area contributed by atoms with Crippen LogP contribution in [0.2, 0.25) is 0 Å². The van der Waals surface area contributed by atoms with E-state index in [9.17, 15) is 5.11 Å². The molecule has 4 heteroatoms. The van der Waals surface area contributed by atoms with E-state index in [1.165, 1.54) is 4.88 Å². The van der Waals surface area contributed by atoms with Crippen molar-refractivity contribution in [1.29, 1.82) is 0 Å². The fourth-order valence-electron chi connectivity index (χ4n) is 2.47. The number of rotatable bonds is 3. The number of aromatic nitrogens is 2. The van der Waals surface area contributed by atoms with E-state index in [0.29, 0.717) is 6.42 Å². The van der Waals surface area contributed by atoms with Crippen LogP contribution in [-0.2, 0) is 19.1 Å². The molecule has 3 rings (SSSR count). The average molecular weight is 286 g/mol. The number of benzene rings is 1. The van der Waals surface area contributed by atoms with Gasteiger partial charge in [-0.3, -0.25) is 0 Å². The molecular formula is C16H18N2OS. The van der Waals surface area contributed by atoms with Crippen LogP contribution >= 0.6 is 11.3 Å². The van der Waals surface area contributed by atoms with Gasteiger partial charge in [0, 0.05) is 23.2 Å². The molecule has 0 radical (unpaired) electrons.